The Morgan fingerprint density at radius 3 is 2.00 bits per heavy atom. The summed E-state index contributed by atoms with van der Waals surface area (Å²) in [4.78, 5) is 0. The first-order chi connectivity index (χ1) is 4.72. The van der Waals surface area contributed by atoms with Gasteiger partial charge in [-0.2, -0.15) is 0 Å². The molecular formula is C8H9NW. The van der Waals surface area contributed by atoms with Gasteiger partial charge in [0.2, 0.25) is 0 Å². The van der Waals surface area contributed by atoms with Crippen molar-refractivity contribution in [2.45, 2.75) is 13.8 Å². The first-order valence-corrected chi connectivity index (χ1v) is 4.45. The Labute approximate surface area is 72.2 Å². The molecule has 1 nitrogen and oxygen atoms in total. The summed E-state index contributed by atoms with van der Waals surface area (Å²) in [5.41, 5.74) is 3.69. The van der Waals surface area contributed by atoms with E-state index in [2.05, 4.69) is 35.5 Å². The Kier molecular flexibility index (Phi) is 2.50. The molecule has 1 rings (SSSR count). The fourth-order valence-corrected chi connectivity index (χ4v) is 1.38. The molecule has 2 heteroatoms. The molecule has 0 unspecified atom stereocenters. The molecule has 10 heavy (non-hydrogen) atoms. The van der Waals surface area contributed by atoms with Crippen LogP contribution in [0, 0.1) is 13.8 Å². The molecule has 0 fully saturated rings. The summed E-state index contributed by atoms with van der Waals surface area (Å²) >= 11 is 1.26. The second kappa shape index (κ2) is 3.20. The molecule has 0 bridgehead atoms. The third-order valence-corrected chi connectivity index (χ3v) is 2.07. The van der Waals surface area contributed by atoms with Crippen LogP contribution < -0.4 is 0 Å². The molecule has 0 aliphatic heterocycles. The normalized spacial score (nSPS) is 9.40. The zero-order valence-electron chi connectivity index (χ0n) is 6.09. The number of hydrogen-bond donors (Lipinski definition) is 0. The molecule has 1 aromatic rings. The summed E-state index contributed by atoms with van der Waals surface area (Å²) in [5, 5.41) is 0. The summed E-state index contributed by atoms with van der Waals surface area (Å²) in [6.07, 6.45) is 0. The van der Waals surface area contributed by atoms with Gasteiger partial charge >= 0.3 is 72.0 Å². The number of aryl methyl sites for hydroxylation is 2. The quantitative estimate of drug-likeness (QED) is 0.756. The molecule has 0 N–H and O–H groups in total. The number of hydrogen-bond acceptors (Lipinski definition) is 1. The van der Waals surface area contributed by atoms with Crippen LogP contribution in [0.5, 0.6) is 0 Å². The van der Waals surface area contributed by atoms with Gasteiger partial charge in [-0.1, -0.05) is 0 Å². The molecule has 52 valence electrons. The van der Waals surface area contributed by atoms with Crippen LogP contribution in [-0.4, -0.2) is 0 Å². The molecule has 0 saturated carbocycles. The molecule has 0 radical (unpaired) electrons. The Morgan fingerprint density at radius 1 is 1.10 bits per heavy atom. The third-order valence-electron chi connectivity index (χ3n) is 1.31. The summed E-state index contributed by atoms with van der Waals surface area (Å²) in [6, 6.07) is 6.35. The molecule has 0 spiro atoms. The summed E-state index contributed by atoms with van der Waals surface area (Å²) in [6.45, 7) is 4.19. The van der Waals surface area contributed by atoms with Crippen LogP contribution in [0.25, 0.3) is 0 Å². The first-order valence-electron chi connectivity index (χ1n) is 3.14. The molecular weight excluding hydrogens is 294 g/mol. The van der Waals surface area contributed by atoms with Crippen LogP contribution in [0.2, 0.25) is 0 Å². The van der Waals surface area contributed by atoms with E-state index < -0.39 is 0 Å². The van der Waals surface area contributed by atoms with Gasteiger partial charge in [0.15, 0.2) is 0 Å². The van der Waals surface area contributed by atoms with Crippen molar-refractivity contribution in [2.75, 3.05) is 0 Å². The van der Waals surface area contributed by atoms with Crippen molar-refractivity contribution in [2.24, 2.45) is 3.50 Å². The van der Waals surface area contributed by atoms with Crippen molar-refractivity contribution in [3.8, 4) is 0 Å². The van der Waals surface area contributed by atoms with Gasteiger partial charge in [0.25, 0.3) is 0 Å². The van der Waals surface area contributed by atoms with Crippen LogP contribution in [0.1, 0.15) is 11.1 Å². The monoisotopic (exact) mass is 303 g/mol. The second-order valence-electron chi connectivity index (χ2n) is 2.44. The minimum atomic E-state index is 1.10. The van der Waals surface area contributed by atoms with E-state index in [0.29, 0.717) is 0 Å². The van der Waals surface area contributed by atoms with Gasteiger partial charge < -0.3 is 0 Å². The topological polar surface area (TPSA) is 12.4 Å². The molecule has 0 aliphatic rings. The van der Waals surface area contributed by atoms with E-state index in [9.17, 15) is 0 Å². The van der Waals surface area contributed by atoms with Crippen molar-refractivity contribution in [3.63, 3.8) is 0 Å². The standard InChI is InChI=1S/C8H9N.W/c1-6-3-7(2)5-8(9)4-6;/h3-5H,1-2H3;. The molecule has 1 aromatic carbocycles. The van der Waals surface area contributed by atoms with Crippen molar-refractivity contribution in [1.29, 1.82) is 0 Å². The molecule has 0 amide bonds. The Balaban J connectivity index is 3.18. The molecule has 0 heterocycles. The van der Waals surface area contributed by atoms with Crippen molar-refractivity contribution < 1.29 is 19.6 Å². The Hall–Kier alpha value is -0.292. The zero-order chi connectivity index (χ0) is 7.56. The number of rotatable bonds is 1. The molecule has 0 aromatic heterocycles. The van der Waals surface area contributed by atoms with Gasteiger partial charge in [-0.3, -0.25) is 0 Å². The predicted molar refractivity (Wildman–Crippen MR) is 38.0 cm³/mol. The Bertz CT molecular complexity index is 235. The van der Waals surface area contributed by atoms with E-state index in [-0.39, 0.29) is 0 Å². The van der Waals surface area contributed by atoms with Gasteiger partial charge in [0.1, 0.15) is 0 Å². The first kappa shape index (κ1) is 7.81. The van der Waals surface area contributed by atoms with Crippen molar-refractivity contribution >= 4 is 5.69 Å². The van der Waals surface area contributed by atoms with Crippen molar-refractivity contribution in [3.05, 3.63) is 29.3 Å². The zero-order valence-corrected chi connectivity index (χ0v) is 9.02. The van der Waals surface area contributed by atoms with E-state index in [1.807, 2.05) is 0 Å². The van der Waals surface area contributed by atoms with Crippen molar-refractivity contribution in [1.82, 2.24) is 0 Å². The van der Waals surface area contributed by atoms with Crippen LogP contribution >= 0.6 is 0 Å². The van der Waals surface area contributed by atoms with E-state index >= 15 is 0 Å². The van der Waals surface area contributed by atoms with E-state index in [4.69, 9.17) is 0 Å². The molecule has 0 saturated heterocycles. The maximum atomic E-state index is 4.18. The number of benzene rings is 1. The Morgan fingerprint density at radius 2 is 1.60 bits per heavy atom. The van der Waals surface area contributed by atoms with E-state index in [1.54, 1.807) is 0 Å². The van der Waals surface area contributed by atoms with E-state index in [1.165, 1.54) is 30.8 Å². The number of nitrogens with zero attached hydrogens (tertiary/aromatic N) is 1. The van der Waals surface area contributed by atoms with Gasteiger partial charge in [-0.15, -0.1) is 0 Å². The predicted octanol–water partition coefficient (Wildman–Crippen LogP) is 2.67. The van der Waals surface area contributed by atoms with Crippen LogP contribution in [-0.2, 0) is 19.6 Å². The fourth-order valence-electron chi connectivity index (χ4n) is 1.00. The summed E-state index contributed by atoms with van der Waals surface area (Å²) < 4.78 is 4.18. The molecule has 0 aliphatic carbocycles. The average molecular weight is 303 g/mol. The fraction of sp³-hybridized carbons (Fsp3) is 0.250. The summed E-state index contributed by atoms with van der Waals surface area (Å²) in [5.74, 6) is 0. The van der Waals surface area contributed by atoms with Gasteiger partial charge in [0.05, 0.1) is 0 Å². The SMILES string of the molecule is Cc1cc(C)cc([N]=[W])c1. The maximum absolute atomic E-state index is 4.18. The van der Waals surface area contributed by atoms with Crippen LogP contribution in [0.4, 0.5) is 5.69 Å². The average Bonchev–Trinajstić information content (AvgIpc) is 1.85. The van der Waals surface area contributed by atoms with Crippen LogP contribution in [0.15, 0.2) is 21.7 Å². The third kappa shape index (κ3) is 1.85. The summed E-state index contributed by atoms with van der Waals surface area (Å²) in [7, 11) is 0. The van der Waals surface area contributed by atoms with Gasteiger partial charge in [0, 0.05) is 0 Å². The van der Waals surface area contributed by atoms with Gasteiger partial charge in [-0.05, 0) is 0 Å². The second-order valence-corrected chi connectivity index (χ2v) is 3.09. The van der Waals surface area contributed by atoms with Gasteiger partial charge in [-0.25, -0.2) is 0 Å². The molecule has 0 atom stereocenters. The minimum absolute atomic E-state index is 1.10. The van der Waals surface area contributed by atoms with Crippen LogP contribution in [0.3, 0.4) is 0 Å². The van der Waals surface area contributed by atoms with E-state index in [0.717, 1.165) is 5.69 Å².